The lowest BCUT2D eigenvalue weighted by Gasteiger charge is -2.44. The van der Waals surface area contributed by atoms with Gasteiger partial charge in [-0.25, -0.2) is 0 Å². The van der Waals surface area contributed by atoms with Crippen molar-refractivity contribution in [1.82, 2.24) is 0 Å². The van der Waals surface area contributed by atoms with Gasteiger partial charge in [0.2, 0.25) is 5.79 Å². The second kappa shape index (κ2) is 8.77. The second-order valence-corrected chi connectivity index (χ2v) is 7.20. The van der Waals surface area contributed by atoms with Gasteiger partial charge >= 0.3 is 5.97 Å². The van der Waals surface area contributed by atoms with Crippen LogP contribution in [0, 0.1) is 0 Å². The Balaban J connectivity index is 1.98. The number of fused-ring (bicyclic) bond motifs is 1. The molecule has 2 fully saturated rings. The normalized spacial score (nSPS) is 33.9. The van der Waals surface area contributed by atoms with E-state index in [4.69, 9.17) is 23.7 Å². The van der Waals surface area contributed by atoms with E-state index in [9.17, 15) is 9.90 Å². The smallest absolute Gasteiger partial charge is 0.306 e. The zero-order chi connectivity index (χ0) is 18.5. The standard InChI is InChI=1S/C18H32O7/c1-5-6-7-8-9-10-14(20)23-15-13(11-19)24-18(21-4)12-22-17(2,3)25-16(15)18/h13,15-16,19H,5-12H2,1-4H3/t13-,15-,16+,18+/m1/s1. The Morgan fingerprint density at radius 3 is 2.56 bits per heavy atom. The molecule has 0 aliphatic carbocycles. The molecule has 0 saturated carbocycles. The number of rotatable bonds is 9. The Labute approximate surface area is 149 Å². The highest BCUT2D eigenvalue weighted by molar-refractivity contribution is 5.69. The van der Waals surface area contributed by atoms with Gasteiger partial charge in [-0.3, -0.25) is 4.79 Å². The lowest BCUT2D eigenvalue weighted by molar-refractivity contribution is -0.384. The third kappa shape index (κ3) is 4.92. The Bertz CT molecular complexity index is 439. The monoisotopic (exact) mass is 360 g/mol. The van der Waals surface area contributed by atoms with Crippen molar-refractivity contribution in [3.8, 4) is 0 Å². The average Bonchev–Trinajstić information content (AvgIpc) is 2.87. The Morgan fingerprint density at radius 2 is 1.92 bits per heavy atom. The predicted molar refractivity (Wildman–Crippen MR) is 89.9 cm³/mol. The summed E-state index contributed by atoms with van der Waals surface area (Å²) < 4.78 is 28.5. The molecule has 7 heteroatoms. The van der Waals surface area contributed by atoms with Crippen LogP contribution in [0.2, 0.25) is 0 Å². The van der Waals surface area contributed by atoms with Gasteiger partial charge in [0.15, 0.2) is 18.0 Å². The molecule has 0 aromatic heterocycles. The van der Waals surface area contributed by atoms with Gasteiger partial charge in [0, 0.05) is 13.5 Å². The summed E-state index contributed by atoms with van der Waals surface area (Å²) in [5, 5.41) is 9.64. The van der Waals surface area contributed by atoms with Crippen LogP contribution < -0.4 is 0 Å². The maximum absolute atomic E-state index is 12.2. The third-order valence-corrected chi connectivity index (χ3v) is 4.76. The van der Waals surface area contributed by atoms with Crippen LogP contribution in [0.5, 0.6) is 0 Å². The molecular formula is C18H32O7. The second-order valence-electron chi connectivity index (χ2n) is 7.20. The highest BCUT2D eigenvalue weighted by Crippen LogP contribution is 2.42. The number of carbonyl (C=O) groups excluding carboxylic acids is 1. The first kappa shape index (κ1) is 20.6. The number of esters is 1. The first-order chi connectivity index (χ1) is 11.9. The molecule has 2 heterocycles. The molecule has 1 N–H and O–H groups in total. The maximum atomic E-state index is 12.2. The van der Waals surface area contributed by atoms with Crippen molar-refractivity contribution in [1.29, 1.82) is 0 Å². The first-order valence-electron chi connectivity index (χ1n) is 9.22. The molecule has 4 atom stereocenters. The van der Waals surface area contributed by atoms with E-state index >= 15 is 0 Å². The van der Waals surface area contributed by atoms with Crippen LogP contribution in [0.4, 0.5) is 0 Å². The molecule has 0 aromatic carbocycles. The number of ether oxygens (including phenoxy) is 5. The van der Waals surface area contributed by atoms with Gasteiger partial charge in [0.1, 0.15) is 12.7 Å². The van der Waals surface area contributed by atoms with Gasteiger partial charge < -0.3 is 28.8 Å². The summed E-state index contributed by atoms with van der Waals surface area (Å²) in [4.78, 5) is 12.2. The highest BCUT2D eigenvalue weighted by atomic mass is 16.8. The van der Waals surface area contributed by atoms with Crippen molar-refractivity contribution in [2.45, 2.75) is 89.2 Å². The van der Waals surface area contributed by atoms with Gasteiger partial charge in [0.05, 0.1) is 6.61 Å². The third-order valence-electron chi connectivity index (χ3n) is 4.76. The summed E-state index contributed by atoms with van der Waals surface area (Å²) in [5.41, 5.74) is 0. The molecule has 0 spiro atoms. The number of hydrogen-bond donors (Lipinski definition) is 1. The summed E-state index contributed by atoms with van der Waals surface area (Å²) in [6.45, 7) is 5.57. The largest absolute Gasteiger partial charge is 0.456 e. The molecule has 0 bridgehead atoms. The van der Waals surface area contributed by atoms with E-state index in [0.29, 0.717) is 6.42 Å². The van der Waals surface area contributed by atoms with E-state index in [1.54, 1.807) is 13.8 Å². The SMILES string of the molecule is CCCCCCCC(=O)O[C@@H]1[C@@H](CO)O[C@@]2(OC)COC(C)(C)O[C@@H]12. The van der Waals surface area contributed by atoms with Crippen molar-refractivity contribution >= 4 is 5.97 Å². The fraction of sp³-hybridized carbons (Fsp3) is 0.944. The van der Waals surface area contributed by atoms with E-state index in [-0.39, 0.29) is 19.2 Å². The van der Waals surface area contributed by atoms with Gasteiger partial charge in [-0.05, 0) is 20.3 Å². The lowest BCUT2D eigenvalue weighted by Crippen LogP contribution is -2.59. The minimum absolute atomic E-state index is 0.142. The molecule has 0 aromatic rings. The van der Waals surface area contributed by atoms with Crippen molar-refractivity contribution in [3.05, 3.63) is 0 Å². The fourth-order valence-electron chi connectivity index (χ4n) is 3.31. The molecule has 7 nitrogen and oxygen atoms in total. The quantitative estimate of drug-likeness (QED) is 0.498. The molecule has 146 valence electrons. The van der Waals surface area contributed by atoms with Crippen LogP contribution in [0.1, 0.15) is 59.3 Å². The van der Waals surface area contributed by atoms with Gasteiger partial charge in [-0.2, -0.15) is 0 Å². The van der Waals surface area contributed by atoms with Crippen molar-refractivity contribution in [3.63, 3.8) is 0 Å². The average molecular weight is 360 g/mol. The van der Waals surface area contributed by atoms with Crippen LogP contribution in [0.25, 0.3) is 0 Å². The number of methoxy groups -OCH3 is 1. The number of aliphatic hydroxyl groups is 1. The van der Waals surface area contributed by atoms with E-state index in [1.165, 1.54) is 13.5 Å². The van der Waals surface area contributed by atoms with Crippen molar-refractivity contribution in [2.24, 2.45) is 0 Å². The Hall–Kier alpha value is -0.730. The molecular weight excluding hydrogens is 328 g/mol. The Kier molecular flexibility index (Phi) is 7.22. The first-order valence-corrected chi connectivity index (χ1v) is 9.22. The molecule has 25 heavy (non-hydrogen) atoms. The maximum Gasteiger partial charge on any atom is 0.306 e. The summed E-state index contributed by atoms with van der Waals surface area (Å²) in [7, 11) is 1.49. The molecule has 0 radical (unpaired) electrons. The number of hydrogen-bond acceptors (Lipinski definition) is 7. The van der Waals surface area contributed by atoms with E-state index < -0.39 is 29.9 Å². The number of carbonyl (C=O) groups is 1. The van der Waals surface area contributed by atoms with Gasteiger partial charge in [-0.15, -0.1) is 0 Å². The lowest BCUT2D eigenvalue weighted by atomic mass is 10.0. The van der Waals surface area contributed by atoms with Crippen LogP contribution in [0.3, 0.4) is 0 Å². The summed E-state index contributed by atoms with van der Waals surface area (Å²) >= 11 is 0. The van der Waals surface area contributed by atoms with E-state index in [1.807, 2.05) is 0 Å². The zero-order valence-corrected chi connectivity index (χ0v) is 15.8. The number of unbranched alkanes of at least 4 members (excludes halogenated alkanes) is 4. The summed E-state index contributed by atoms with van der Waals surface area (Å²) in [6.07, 6.45) is 3.55. The molecule has 2 rings (SSSR count). The molecule has 2 aliphatic heterocycles. The van der Waals surface area contributed by atoms with E-state index in [0.717, 1.165) is 25.7 Å². The number of aliphatic hydroxyl groups excluding tert-OH is 1. The van der Waals surface area contributed by atoms with Crippen LogP contribution in [-0.2, 0) is 28.5 Å². The minimum Gasteiger partial charge on any atom is -0.456 e. The van der Waals surface area contributed by atoms with Gasteiger partial charge in [0.25, 0.3) is 0 Å². The van der Waals surface area contributed by atoms with Crippen LogP contribution in [0.15, 0.2) is 0 Å². The zero-order valence-electron chi connectivity index (χ0n) is 15.8. The van der Waals surface area contributed by atoms with E-state index in [2.05, 4.69) is 6.92 Å². The molecule has 0 amide bonds. The summed E-state index contributed by atoms with van der Waals surface area (Å²) in [5.74, 6) is -2.32. The van der Waals surface area contributed by atoms with Crippen molar-refractivity contribution in [2.75, 3.05) is 20.3 Å². The highest BCUT2D eigenvalue weighted by Gasteiger charge is 2.62. The van der Waals surface area contributed by atoms with Gasteiger partial charge in [-0.1, -0.05) is 32.6 Å². The molecule has 2 saturated heterocycles. The summed E-state index contributed by atoms with van der Waals surface area (Å²) in [6, 6.07) is 0. The fourth-order valence-corrected chi connectivity index (χ4v) is 3.31. The topological polar surface area (TPSA) is 83.5 Å². The van der Waals surface area contributed by atoms with Crippen LogP contribution >= 0.6 is 0 Å². The minimum atomic E-state index is -1.17. The Morgan fingerprint density at radius 1 is 1.20 bits per heavy atom. The predicted octanol–water partition coefficient (Wildman–Crippen LogP) is 2.14. The molecule has 2 aliphatic rings. The molecule has 0 unspecified atom stereocenters. The van der Waals surface area contributed by atoms with Crippen LogP contribution in [-0.4, -0.2) is 61.3 Å². The van der Waals surface area contributed by atoms with Crippen molar-refractivity contribution < 1.29 is 33.6 Å².